The molecule has 0 saturated carbocycles. The van der Waals surface area contributed by atoms with Crippen molar-refractivity contribution in [2.45, 2.75) is 6.42 Å². The lowest BCUT2D eigenvalue weighted by Crippen LogP contribution is -2.31. The number of fused-ring (bicyclic) bond motifs is 1. The maximum Gasteiger partial charge on any atom is 0.261 e. The molecule has 0 fully saturated rings. The highest BCUT2D eigenvalue weighted by atomic mass is 16.2. The van der Waals surface area contributed by atoms with Crippen LogP contribution in [0.5, 0.6) is 0 Å². The van der Waals surface area contributed by atoms with Crippen LogP contribution < -0.4 is 0 Å². The monoisotopic (exact) mass is 277 g/mol. The minimum Gasteiger partial charge on any atom is -0.274 e. The van der Waals surface area contributed by atoms with Gasteiger partial charge in [-0.25, -0.2) is 0 Å². The molecule has 0 radical (unpaired) electrons. The summed E-state index contributed by atoms with van der Waals surface area (Å²) in [6.45, 7) is 4.12. The molecule has 3 rings (SSSR count). The van der Waals surface area contributed by atoms with Gasteiger partial charge in [-0.15, -0.1) is 0 Å². The predicted molar refractivity (Wildman–Crippen MR) is 82.0 cm³/mol. The molecule has 0 atom stereocenters. The van der Waals surface area contributed by atoms with Gasteiger partial charge in [-0.2, -0.15) is 0 Å². The van der Waals surface area contributed by atoms with Gasteiger partial charge < -0.3 is 0 Å². The van der Waals surface area contributed by atoms with Crippen molar-refractivity contribution in [2.75, 3.05) is 6.54 Å². The summed E-state index contributed by atoms with van der Waals surface area (Å²) in [6.07, 6.45) is 2.44. The van der Waals surface area contributed by atoms with Gasteiger partial charge in [-0.05, 0) is 29.7 Å². The quantitative estimate of drug-likeness (QED) is 0.805. The van der Waals surface area contributed by atoms with Crippen molar-refractivity contribution in [3.05, 3.63) is 77.4 Å². The summed E-state index contributed by atoms with van der Waals surface area (Å²) in [5.74, 6) is -0.392. The lowest BCUT2D eigenvalue weighted by molar-refractivity contribution is 0.0656. The summed E-state index contributed by atoms with van der Waals surface area (Å²) in [4.78, 5) is 25.8. The second kappa shape index (κ2) is 5.37. The summed E-state index contributed by atoms with van der Waals surface area (Å²) in [7, 11) is 0. The Kier molecular flexibility index (Phi) is 3.40. The number of hydrogen-bond acceptors (Lipinski definition) is 2. The van der Waals surface area contributed by atoms with Crippen LogP contribution >= 0.6 is 0 Å². The molecule has 1 heterocycles. The molecule has 2 amide bonds. The van der Waals surface area contributed by atoms with Crippen LogP contribution in [0.15, 0.2) is 55.1 Å². The molecule has 104 valence electrons. The molecule has 1 aliphatic rings. The van der Waals surface area contributed by atoms with Crippen LogP contribution in [0, 0.1) is 0 Å². The normalized spacial score (nSPS) is 13.4. The van der Waals surface area contributed by atoms with Gasteiger partial charge in [0.25, 0.3) is 11.8 Å². The van der Waals surface area contributed by atoms with E-state index in [1.165, 1.54) is 4.90 Å². The molecule has 0 unspecified atom stereocenters. The third kappa shape index (κ3) is 2.38. The maximum atomic E-state index is 12.2. The van der Waals surface area contributed by atoms with E-state index in [1.54, 1.807) is 30.3 Å². The molecule has 0 bridgehead atoms. The molecular weight excluding hydrogens is 262 g/mol. The first kappa shape index (κ1) is 13.3. The molecule has 1 aliphatic heterocycles. The van der Waals surface area contributed by atoms with Crippen molar-refractivity contribution < 1.29 is 9.59 Å². The van der Waals surface area contributed by atoms with Crippen molar-refractivity contribution in [2.24, 2.45) is 0 Å². The third-order valence-electron chi connectivity index (χ3n) is 3.72. The van der Waals surface area contributed by atoms with Crippen molar-refractivity contribution in [3.63, 3.8) is 0 Å². The van der Waals surface area contributed by atoms with Crippen LogP contribution in [0.3, 0.4) is 0 Å². The van der Waals surface area contributed by atoms with Crippen LogP contribution in [0.2, 0.25) is 0 Å². The highest BCUT2D eigenvalue weighted by Crippen LogP contribution is 2.22. The Hall–Kier alpha value is -2.68. The highest BCUT2D eigenvalue weighted by Gasteiger charge is 2.34. The van der Waals surface area contributed by atoms with Crippen molar-refractivity contribution in [1.82, 2.24) is 4.90 Å². The van der Waals surface area contributed by atoms with Crippen LogP contribution in [0.25, 0.3) is 6.08 Å². The van der Waals surface area contributed by atoms with E-state index < -0.39 is 0 Å². The van der Waals surface area contributed by atoms with E-state index in [2.05, 4.69) is 6.58 Å². The fourth-order valence-corrected chi connectivity index (χ4v) is 2.50. The average Bonchev–Trinajstić information content (AvgIpc) is 2.78. The first-order valence-electron chi connectivity index (χ1n) is 6.87. The maximum absolute atomic E-state index is 12.2. The molecule has 2 aromatic carbocycles. The molecule has 3 heteroatoms. The summed E-state index contributed by atoms with van der Waals surface area (Å²) in [6, 6.07) is 14.9. The predicted octanol–water partition coefficient (Wildman–Crippen LogP) is 3.17. The van der Waals surface area contributed by atoms with Crippen molar-refractivity contribution >= 4 is 17.9 Å². The molecule has 0 N–H and O–H groups in total. The second-order valence-corrected chi connectivity index (χ2v) is 5.00. The summed E-state index contributed by atoms with van der Waals surface area (Å²) in [5, 5.41) is 0. The summed E-state index contributed by atoms with van der Waals surface area (Å²) >= 11 is 0. The third-order valence-corrected chi connectivity index (χ3v) is 3.72. The Bertz CT molecular complexity index is 681. The molecule has 0 spiro atoms. The van der Waals surface area contributed by atoms with Crippen LogP contribution in [-0.4, -0.2) is 23.3 Å². The van der Waals surface area contributed by atoms with E-state index in [0.717, 1.165) is 11.1 Å². The van der Waals surface area contributed by atoms with Crippen molar-refractivity contribution in [3.8, 4) is 0 Å². The average molecular weight is 277 g/mol. The SMILES string of the molecule is C=Cc1ccc(CCN2C(=O)c3ccccc3C2=O)cc1. The number of rotatable bonds is 4. The topological polar surface area (TPSA) is 37.4 Å². The van der Waals surface area contributed by atoms with Crippen LogP contribution in [0.1, 0.15) is 31.8 Å². The zero-order valence-electron chi connectivity index (χ0n) is 11.6. The van der Waals surface area contributed by atoms with Gasteiger partial charge in [0.1, 0.15) is 0 Å². The Balaban J connectivity index is 1.73. The number of nitrogens with zero attached hydrogens (tertiary/aromatic N) is 1. The van der Waals surface area contributed by atoms with E-state index in [4.69, 9.17) is 0 Å². The zero-order chi connectivity index (χ0) is 14.8. The molecule has 0 aromatic heterocycles. The minimum absolute atomic E-state index is 0.196. The Morgan fingerprint density at radius 3 is 2.00 bits per heavy atom. The summed E-state index contributed by atoms with van der Waals surface area (Å²) < 4.78 is 0. The molecule has 2 aromatic rings. The van der Waals surface area contributed by atoms with E-state index in [0.29, 0.717) is 24.1 Å². The smallest absolute Gasteiger partial charge is 0.261 e. The highest BCUT2D eigenvalue weighted by molar-refractivity contribution is 6.21. The fraction of sp³-hybridized carbons (Fsp3) is 0.111. The Morgan fingerprint density at radius 2 is 1.48 bits per heavy atom. The number of hydrogen-bond donors (Lipinski definition) is 0. The van der Waals surface area contributed by atoms with Crippen molar-refractivity contribution in [1.29, 1.82) is 0 Å². The van der Waals surface area contributed by atoms with Gasteiger partial charge in [0, 0.05) is 6.54 Å². The van der Waals surface area contributed by atoms with Crippen LogP contribution in [0.4, 0.5) is 0 Å². The van der Waals surface area contributed by atoms with Gasteiger partial charge in [-0.1, -0.05) is 49.1 Å². The molecule has 21 heavy (non-hydrogen) atoms. The number of amides is 2. The Labute approximate surface area is 123 Å². The minimum atomic E-state index is -0.196. The number of benzene rings is 2. The van der Waals surface area contributed by atoms with Gasteiger partial charge in [0.05, 0.1) is 11.1 Å². The molecule has 3 nitrogen and oxygen atoms in total. The van der Waals surface area contributed by atoms with Gasteiger partial charge in [0.15, 0.2) is 0 Å². The summed E-state index contributed by atoms with van der Waals surface area (Å²) in [5.41, 5.74) is 3.16. The number of carbonyl (C=O) groups is 2. The van der Waals surface area contributed by atoms with Gasteiger partial charge in [-0.3, -0.25) is 14.5 Å². The van der Waals surface area contributed by atoms with Crippen LogP contribution in [-0.2, 0) is 6.42 Å². The van der Waals surface area contributed by atoms with Gasteiger partial charge >= 0.3 is 0 Å². The lowest BCUT2D eigenvalue weighted by atomic mass is 10.1. The fourth-order valence-electron chi connectivity index (χ4n) is 2.50. The second-order valence-electron chi connectivity index (χ2n) is 5.00. The largest absolute Gasteiger partial charge is 0.274 e. The number of carbonyl (C=O) groups excluding carboxylic acids is 2. The standard InChI is InChI=1S/C18H15NO2/c1-2-13-7-9-14(10-8-13)11-12-19-17(20)15-5-3-4-6-16(15)18(19)21/h2-10H,1,11-12H2. The van der Waals surface area contributed by atoms with E-state index >= 15 is 0 Å². The zero-order valence-corrected chi connectivity index (χ0v) is 11.6. The molecule has 0 saturated heterocycles. The van der Waals surface area contributed by atoms with E-state index in [9.17, 15) is 9.59 Å². The van der Waals surface area contributed by atoms with E-state index in [1.807, 2.05) is 24.3 Å². The molecular formula is C18H15NO2. The van der Waals surface area contributed by atoms with Gasteiger partial charge in [0.2, 0.25) is 0 Å². The number of imide groups is 1. The Morgan fingerprint density at radius 1 is 0.905 bits per heavy atom. The van der Waals surface area contributed by atoms with E-state index in [-0.39, 0.29) is 11.8 Å². The first-order valence-corrected chi connectivity index (χ1v) is 6.87. The molecule has 0 aliphatic carbocycles. The first-order chi connectivity index (χ1) is 10.2. The lowest BCUT2D eigenvalue weighted by Gasteiger charge is -2.13.